The number of nitrogens with zero attached hydrogens (tertiary/aromatic N) is 1. The molecule has 0 aromatic heterocycles. The van der Waals surface area contributed by atoms with Crippen molar-refractivity contribution in [3.8, 4) is 0 Å². The average Bonchev–Trinajstić information content (AvgIpc) is 2.22. The molecule has 1 saturated heterocycles. The number of hydrogen-bond acceptors (Lipinski definition) is 3. The third kappa shape index (κ3) is 4.78. The molecule has 0 aromatic rings. The summed E-state index contributed by atoms with van der Waals surface area (Å²) in [4.78, 5) is 2.49. The van der Waals surface area contributed by atoms with Gasteiger partial charge in [0.05, 0.1) is 0 Å². The van der Waals surface area contributed by atoms with Crippen molar-refractivity contribution < 1.29 is 4.74 Å². The molecular weight excluding hydrogens is 188 g/mol. The predicted octanol–water partition coefficient (Wildman–Crippen LogP) is 1.12. The summed E-state index contributed by atoms with van der Waals surface area (Å²) in [5.41, 5.74) is 1.28. The van der Waals surface area contributed by atoms with Crippen LogP contribution in [0, 0.1) is 5.92 Å². The quantitative estimate of drug-likeness (QED) is 0.668. The molecule has 1 N–H and O–H groups in total. The van der Waals surface area contributed by atoms with Crippen molar-refractivity contribution in [2.24, 2.45) is 5.92 Å². The lowest BCUT2D eigenvalue weighted by molar-refractivity contribution is 0.103. The van der Waals surface area contributed by atoms with E-state index < -0.39 is 0 Å². The zero-order valence-corrected chi connectivity index (χ0v) is 10.1. The maximum atomic E-state index is 5.19. The van der Waals surface area contributed by atoms with Gasteiger partial charge in [-0.2, -0.15) is 0 Å². The first-order valence-corrected chi connectivity index (χ1v) is 5.78. The number of likely N-dealkylation sites (tertiary alicyclic amines) is 1. The molecule has 0 aliphatic carbocycles. The van der Waals surface area contributed by atoms with Gasteiger partial charge in [0, 0.05) is 26.8 Å². The fourth-order valence-corrected chi connectivity index (χ4v) is 2.17. The van der Waals surface area contributed by atoms with Gasteiger partial charge in [-0.1, -0.05) is 6.58 Å². The average molecular weight is 212 g/mol. The highest BCUT2D eigenvalue weighted by atomic mass is 16.5. The molecule has 15 heavy (non-hydrogen) atoms. The largest absolute Gasteiger partial charge is 0.384 e. The minimum Gasteiger partial charge on any atom is -0.384 e. The summed E-state index contributed by atoms with van der Waals surface area (Å²) < 4.78 is 5.19. The molecule has 0 radical (unpaired) electrons. The Hall–Kier alpha value is -0.380. The summed E-state index contributed by atoms with van der Waals surface area (Å²) in [5, 5.41) is 3.14. The number of rotatable bonds is 6. The van der Waals surface area contributed by atoms with Gasteiger partial charge in [-0.25, -0.2) is 0 Å². The Morgan fingerprint density at radius 3 is 2.67 bits per heavy atom. The summed E-state index contributed by atoms with van der Waals surface area (Å²) in [6.07, 6.45) is 2.53. The summed E-state index contributed by atoms with van der Waals surface area (Å²) in [6, 6.07) is 0. The second-order valence-electron chi connectivity index (χ2n) is 4.46. The molecule has 0 amide bonds. The van der Waals surface area contributed by atoms with Gasteiger partial charge in [0.15, 0.2) is 0 Å². The highest BCUT2D eigenvalue weighted by molar-refractivity contribution is 4.99. The van der Waals surface area contributed by atoms with Gasteiger partial charge in [0.1, 0.15) is 0 Å². The number of piperidine rings is 1. The molecule has 0 atom stereocenters. The molecule has 1 fully saturated rings. The van der Waals surface area contributed by atoms with Gasteiger partial charge in [-0.3, -0.25) is 4.90 Å². The molecule has 0 saturated carbocycles. The van der Waals surface area contributed by atoms with Crippen LogP contribution in [-0.2, 0) is 4.74 Å². The van der Waals surface area contributed by atoms with E-state index >= 15 is 0 Å². The molecule has 1 rings (SSSR count). The summed E-state index contributed by atoms with van der Waals surface area (Å²) >= 11 is 0. The topological polar surface area (TPSA) is 24.5 Å². The molecule has 0 unspecified atom stereocenters. The molecular formula is C12H24N2O. The van der Waals surface area contributed by atoms with Crippen molar-refractivity contribution in [3.05, 3.63) is 12.2 Å². The van der Waals surface area contributed by atoms with E-state index in [1.54, 1.807) is 7.11 Å². The van der Waals surface area contributed by atoms with Crippen LogP contribution in [0.5, 0.6) is 0 Å². The Labute approximate surface area is 93.5 Å². The van der Waals surface area contributed by atoms with Crippen LogP contribution in [0.3, 0.4) is 0 Å². The number of likely N-dealkylation sites (N-methyl/N-ethyl adjacent to an activating group) is 1. The fourth-order valence-electron chi connectivity index (χ4n) is 2.17. The molecule has 3 nitrogen and oxygen atoms in total. The number of ether oxygens (including phenoxy) is 1. The van der Waals surface area contributed by atoms with Crippen molar-refractivity contribution in [3.63, 3.8) is 0 Å². The standard InChI is InChI=1S/C12H24N2O/c1-11(8-13-2)9-14-6-4-12(5-7-14)10-15-3/h12-13H,1,4-10H2,2-3H3. The predicted molar refractivity (Wildman–Crippen MR) is 64.1 cm³/mol. The Balaban J connectivity index is 2.16. The van der Waals surface area contributed by atoms with Crippen molar-refractivity contribution >= 4 is 0 Å². The normalized spacial score (nSPS) is 19.3. The van der Waals surface area contributed by atoms with Crippen LogP contribution in [0.2, 0.25) is 0 Å². The summed E-state index contributed by atoms with van der Waals surface area (Å²) in [6.45, 7) is 9.34. The fraction of sp³-hybridized carbons (Fsp3) is 0.833. The van der Waals surface area contributed by atoms with Crippen LogP contribution < -0.4 is 5.32 Å². The molecule has 0 spiro atoms. The number of hydrogen-bond donors (Lipinski definition) is 1. The summed E-state index contributed by atoms with van der Waals surface area (Å²) in [7, 11) is 3.76. The highest BCUT2D eigenvalue weighted by Gasteiger charge is 2.18. The van der Waals surface area contributed by atoms with Crippen molar-refractivity contribution in [2.45, 2.75) is 12.8 Å². The number of methoxy groups -OCH3 is 1. The van der Waals surface area contributed by atoms with Crippen molar-refractivity contribution in [2.75, 3.05) is 46.9 Å². The van der Waals surface area contributed by atoms with E-state index in [2.05, 4.69) is 16.8 Å². The maximum Gasteiger partial charge on any atom is 0.0491 e. The van der Waals surface area contributed by atoms with Crippen LogP contribution in [-0.4, -0.2) is 51.8 Å². The Kier molecular flexibility index (Phi) is 5.91. The second-order valence-corrected chi connectivity index (χ2v) is 4.46. The van der Waals surface area contributed by atoms with Crippen LogP contribution in [0.1, 0.15) is 12.8 Å². The van der Waals surface area contributed by atoms with Gasteiger partial charge in [-0.15, -0.1) is 0 Å². The Morgan fingerprint density at radius 2 is 2.13 bits per heavy atom. The Morgan fingerprint density at radius 1 is 1.47 bits per heavy atom. The minimum absolute atomic E-state index is 0.767. The van der Waals surface area contributed by atoms with E-state index in [0.29, 0.717) is 0 Å². The SMILES string of the molecule is C=C(CNC)CN1CCC(COC)CC1. The smallest absolute Gasteiger partial charge is 0.0491 e. The first-order valence-electron chi connectivity index (χ1n) is 5.78. The number of nitrogens with one attached hydrogen (secondary N) is 1. The van der Waals surface area contributed by atoms with Crippen LogP contribution in [0.4, 0.5) is 0 Å². The van der Waals surface area contributed by atoms with E-state index in [0.717, 1.165) is 25.6 Å². The molecule has 1 aliphatic heterocycles. The zero-order valence-electron chi connectivity index (χ0n) is 10.1. The molecule has 0 aromatic carbocycles. The van der Waals surface area contributed by atoms with Gasteiger partial charge >= 0.3 is 0 Å². The van der Waals surface area contributed by atoms with Gasteiger partial charge in [0.25, 0.3) is 0 Å². The lowest BCUT2D eigenvalue weighted by Crippen LogP contribution is -2.37. The van der Waals surface area contributed by atoms with E-state index in [9.17, 15) is 0 Å². The third-order valence-electron chi connectivity index (χ3n) is 2.98. The first kappa shape index (κ1) is 12.7. The first-order chi connectivity index (χ1) is 7.26. The van der Waals surface area contributed by atoms with Crippen molar-refractivity contribution in [1.29, 1.82) is 0 Å². The minimum atomic E-state index is 0.767. The van der Waals surface area contributed by atoms with E-state index in [1.165, 1.54) is 31.5 Å². The third-order valence-corrected chi connectivity index (χ3v) is 2.98. The second kappa shape index (κ2) is 6.99. The molecule has 1 aliphatic rings. The summed E-state index contributed by atoms with van der Waals surface area (Å²) in [5.74, 6) is 0.767. The molecule has 3 heteroatoms. The highest BCUT2D eigenvalue weighted by Crippen LogP contribution is 2.17. The lowest BCUT2D eigenvalue weighted by Gasteiger charge is -2.32. The van der Waals surface area contributed by atoms with E-state index in [4.69, 9.17) is 4.74 Å². The van der Waals surface area contributed by atoms with E-state index in [1.807, 2.05) is 7.05 Å². The van der Waals surface area contributed by atoms with Gasteiger partial charge < -0.3 is 10.1 Å². The lowest BCUT2D eigenvalue weighted by atomic mass is 9.97. The molecule has 0 bridgehead atoms. The van der Waals surface area contributed by atoms with Crippen LogP contribution in [0.15, 0.2) is 12.2 Å². The van der Waals surface area contributed by atoms with Crippen LogP contribution >= 0.6 is 0 Å². The maximum absolute atomic E-state index is 5.19. The van der Waals surface area contributed by atoms with Crippen LogP contribution in [0.25, 0.3) is 0 Å². The molecule has 88 valence electrons. The van der Waals surface area contributed by atoms with Gasteiger partial charge in [-0.05, 0) is 44.5 Å². The van der Waals surface area contributed by atoms with Crippen molar-refractivity contribution in [1.82, 2.24) is 10.2 Å². The molecule has 1 heterocycles. The van der Waals surface area contributed by atoms with Gasteiger partial charge in [0.2, 0.25) is 0 Å². The Bertz CT molecular complexity index is 186. The van der Waals surface area contributed by atoms with E-state index in [-0.39, 0.29) is 0 Å². The monoisotopic (exact) mass is 212 g/mol. The zero-order chi connectivity index (χ0) is 11.1.